The van der Waals surface area contributed by atoms with E-state index in [1.165, 1.54) is 23.6 Å². The summed E-state index contributed by atoms with van der Waals surface area (Å²) in [4.78, 5) is 125. The number of amides is 4. The van der Waals surface area contributed by atoms with Crippen molar-refractivity contribution < 1.29 is 76.3 Å². The first-order valence-corrected chi connectivity index (χ1v) is 31.4. The number of carbonyl (C=O) groups excluding carboxylic acids is 9. The standard InChI is InChI=1S/C66H106N4O16/c1-41(42(2)53(75)54(82-46(6)72)44(4)52-49(81-45(5)71)37-64(20)50-26-25-47-43(3)48(73)27-28-65(47)40-66(50,65)30-29-63(52,64)19)39-80-51(74)38-70(58(79)86-62(16,17)18)36-24-35-69(57(78)85-61(13,14)15)33-22-21-32-68(56(77)84-60(10,11)12)34-23-31-67-55(76)83-59(7,8)9/h27-28,41,43-44,47,49-50,52,54H,2,21-26,29-40H2,1,3-20H3,(H,67,76). The summed E-state index contributed by atoms with van der Waals surface area (Å²) in [7, 11) is 0. The topological polar surface area (TPSA) is 240 Å². The Labute approximate surface area is 512 Å². The summed E-state index contributed by atoms with van der Waals surface area (Å²) < 4.78 is 40.4. The number of fused-ring (bicyclic) bond motifs is 2. The summed E-state index contributed by atoms with van der Waals surface area (Å²) in [6.07, 6.45) is 6.53. The van der Waals surface area contributed by atoms with Gasteiger partial charge in [0.2, 0.25) is 0 Å². The van der Waals surface area contributed by atoms with E-state index >= 15 is 0 Å². The highest BCUT2D eigenvalue weighted by Gasteiger charge is 2.82. The van der Waals surface area contributed by atoms with Crippen LogP contribution in [-0.2, 0) is 57.1 Å². The van der Waals surface area contributed by atoms with Gasteiger partial charge in [0.1, 0.15) is 35.1 Å². The molecule has 1 N–H and O–H groups in total. The number of hydrogen-bond acceptors (Lipinski definition) is 16. The molecule has 0 aromatic carbocycles. The number of nitrogens with zero attached hydrogens (tertiary/aromatic N) is 3. The van der Waals surface area contributed by atoms with Gasteiger partial charge in [-0.2, -0.15) is 0 Å². The molecule has 12 unspecified atom stereocenters. The molecule has 486 valence electrons. The highest BCUT2D eigenvalue weighted by Crippen LogP contribution is 2.87. The molecule has 0 heterocycles. The first-order valence-electron chi connectivity index (χ1n) is 31.4. The van der Waals surface area contributed by atoms with Crippen molar-refractivity contribution in [2.24, 2.45) is 57.2 Å². The summed E-state index contributed by atoms with van der Waals surface area (Å²) in [5, 5.41) is 2.71. The fourth-order valence-corrected chi connectivity index (χ4v) is 15.0. The summed E-state index contributed by atoms with van der Waals surface area (Å²) in [6.45, 7) is 38.4. The molecule has 0 aliphatic heterocycles. The maximum absolute atomic E-state index is 14.8. The van der Waals surface area contributed by atoms with E-state index < -0.39 is 106 Å². The molecule has 4 amide bonds. The number of alkyl carbamates (subject to hydrolysis) is 1. The highest BCUT2D eigenvalue weighted by molar-refractivity contribution is 6.00. The summed E-state index contributed by atoms with van der Waals surface area (Å²) in [6, 6.07) is 0. The molecule has 5 aliphatic rings. The number of unbranched alkanes of at least 4 members (excludes halogenated alkanes) is 1. The van der Waals surface area contributed by atoms with Crippen LogP contribution in [0.15, 0.2) is 24.3 Å². The largest absolute Gasteiger partial charge is 0.464 e. The number of hydrogen-bond donors (Lipinski definition) is 1. The molecule has 12 atom stereocenters. The molecule has 0 bridgehead atoms. The van der Waals surface area contributed by atoms with Gasteiger partial charge in [-0.15, -0.1) is 0 Å². The van der Waals surface area contributed by atoms with E-state index in [1.54, 1.807) is 94.9 Å². The van der Waals surface area contributed by atoms with Crippen LogP contribution in [0.5, 0.6) is 0 Å². The minimum absolute atomic E-state index is 0.0242. The van der Waals surface area contributed by atoms with E-state index in [0.29, 0.717) is 44.7 Å². The third kappa shape index (κ3) is 17.3. The number of Topliss-reactive ketones (excluding diaryl/α,β-unsaturated/α-hetero) is 1. The van der Waals surface area contributed by atoms with E-state index in [4.69, 9.17) is 33.2 Å². The number of ketones is 2. The van der Waals surface area contributed by atoms with E-state index in [9.17, 15) is 43.2 Å². The van der Waals surface area contributed by atoms with Crippen LogP contribution < -0.4 is 5.32 Å². The Kier molecular flexibility index (Phi) is 22.6. The van der Waals surface area contributed by atoms with Gasteiger partial charge >= 0.3 is 42.3 Å². The Balaban J connectivity index is 1.24. The first-order chi connectivity index (χ1) is 39.5. The second-order valence-electron chi connectivity index (χ2n) is 29.9. The van der Waals surface area contributed by atoms with E-state index in [1.807, 2.05) is 13.0 Å². The minimum atomic E-state index is -1.30. The zero-order chi connectivity index (χ0) is 64.9. The van der Waals surface area contributed by atoms with Crippen molar-refractivity contribution in [3.05, 3.63) is 24.3 Å². The Hall–Kier alpha value is -5.69. The van der Waals surface area contributed by atoms with Crippen molar-refractivity contribution in [3.63, 3.8) is 0 Å². The molecule has 20 nitrogen and oxygen atoms in total. The third-order valence-corrected chi connectivity index (χ3v) is 18.9. The van der Waals surface area contributed by atoms with Crippen LogP contribution in [0.4, 0.5) is 19.2 Å². The van der Waals surface area contributed by atoms with Crippen molar-refractivity contribution in [2.45, 2.75) is 230 Å². The second kappa shape index (κ2) is 27.4. The van der Waals surface area contributed by atoms with Crippen LogP contribution in [0, 0.1) is 57.2 Å². The van der Waals surface area contributed by atoms with Crippen LogP contribution in [0.3, 0.4) is 0 Å². The van der Waals surface area contributed by atoms with Crippen LogP contribution in [-0.4, -0.2) is 156 Å². The predicted molar refractivity (Wildman–Crippen MR) is 323 cm³/mol. The Morgan fingerprint density at radius 2 is 1.20 bits per heavy atom. The second-order valence-corrected chi connectivity index (χ2v) is 29.9. The monoisotopic (exact) mass is 1210 g/mol. The summed E-state index contributed by atoms with van der Waals surface area (Å²) >= 11 is 0. The maximum Gasteiger partial charge on any atom is 0.410 e. The normalized spacial score (nSPS) is 27.6. The summed E-state index contributed by atoms with van der Waals surface area (Å²) in [5.41, 5.74) is -3.85. The third-order valence-electron chi connectivity index (χ3n) is 18.9. The molecule has 5 rings (SSSR count). The van der Waals surface area contributed by atoms with Crippen molar-refractivity contribution in [2.75, 3.05) is 52.4 Å². The van der Waals surface area contributed by atoms with Crippen molar-refractivity contribution >= 4 is 53.8 Å². The Morgan fingerprint density at radius 3 is 1.72 bits per heavy atom. The van der Waals surface area contributed by atoms with Crippen LogP contribution in [0.2, 0.25) is 0 Å². The van der Waals surface area contributed by atoms with Crippen molar-refractivity contribution in [3.8, 4) is 0 Å². The fraction of sp³-hybridized carbons (Fsp3) is 0.803. The quantitative estimate of drug-likeness (QED) is 0.0409. The van der Waals surface area contributed by atoms with Crippen LogP contribution >= 0.6 is 0 Å². The van der Waals surface area contributed by atoms with Crippen molar-refractivity contribution in [1.82, 2.24) is 20.0 Å². The molecule has 0 aromatic heterocycles. The molecule has 4 fully saturated rings. The first kappa shape index (κ1) is 71.1. The fourth-order valence-electron chi connectivity index (χ4n) is 15.0. The van der Waals surface area contributed by atoms with Crippen molar-refractivity contribution in [1.29, 1.82) is 0 Å². The van der Waals surface area contributed by atoms with E-state index in [-0.39, 0.29) is 84.6 Å². The number of ether oxygens (including phenoxy) is 7. The lowest BCUT2D eigenvalue weighted by atomic mass is 9.43. The van der Waals surface area contributed by atoms with Gasteiger partial charge in [0.15, 0.2) is 17.7 Å². The molecule has 86 heavy (non-hydrogen) atoms. The molecule has 0 saturated heterocycles. The molecule has 4 saturated carbocycles. The zero-order valence-corrected chi connectivity index (χ0v) is 55.6. The van der Waals surface area contributed by atoms with Gasteiger partial charge in [-0.1, -0.05) is 47.3 Å². The molecule has 0 aromatic rings. The predicted octanol–water partition coefficient (Wildman–Crippen LogP) is 11.6. The van der Waals surface area contributed by atoms with Gasteiger partial charge in [-0.25, -0.2) is 19.2 Å². The number of nitrogens with one attached hydrogen (secondary N) is 1. The molecule has 5 aliphatic carbocycles. The molecule has 0 radical (unpaired) electrons. The van der Waals surface area contributed by atoms with Crippen LogP contribution in [0.25, 0.3) is 0 Å². The lowest BCUT2D eigenvalue weighted by molar-refractivity contribution is -0.166. The van der Waals surface area contributed by atoms with Gasteiger partial charge in [-0.3, -0.25) is 28.9 Å². The van der Waals surface area contributed by atoms with E-state index in [2.05, 4.69) is 38.7 Å². The zero-order valence-electron chi connectivity index (χ0n) is 55.6. The molecular formula is C66H106N4O16. The Bertz CT molecular complexity index is 2550. The van der Waals surface area contributed by atoms with Gasteiger partial charge < -0.3 is 48.3 Å². The van der Waals surface area contributed by atoms with E-state index in [0.717, 1.165) is 32.1 Å². The molecule has 2 spiro atoms. The Morgan fingerprint density at radius 1 is 0.686 bits per heavy atom. The van der Waals surface area contributed by atoms with Crippen LogP contribution in [0.1, 0.15) is 196 Å². The lowest BCUT2D eigenvalue weighted by Gasteiger charge is -2.61. The molecular weight excluding hydrogens is 1100 g/mol. The SMILES string of the molecule is C=C(C(=O)C(OC(C)=O)C(C)C1C(OC(C)=O)CC2(C)C3CCC4C(C)C(=O)C=CC45CC35CCC12C)C(C)COC(=O)CN(CCCN(CCCCN(CCCNC(=O)OC(C)(C)C)C(=O)OC(C)(C)C)C(=O)OC(C)(C)C)C(=O)OC(C)(C)C. The number of esters is 3. The van der Waals surface area contributed by atoms with Gasteiger partial charge in [0.25, 0.3) is 0 Å². The van der Waals surface area contributed by atoms with Gasteiger partial charge in [-0.05, 0) is 192 Å². The average Bonchev–Trinajstić information content (AvgIpc) is 1.47. The lowest BCUT2D eigenvalue weighted by Crippen LogP contribution is -2.56. The molecule has 20 heteroatoms. The van der Waals surface area contributed by atoms with Gasteiger partial charge in [0, 0.05) is 76.8 Å². The maximum atomic E-state index is 14.8. The number of rotatable bonds is 24. The minimum Gasteiger partial charge on any atom is -0.464 e. The summed E-state index contributed by atoms with van der Waals surface area (Å²) in [5.74, 6) is -3.44. The number of allylic oxidation sites excluding steroid dienone is 2. The smallest absolute Gasteiger partial charge is 0.410 e. The highest BCUT2D eigenvalue weighted by atomic mass is 16.6. The van der Waals surface area contributed by atoms with Gasteiger partial charge in [0.05, 0.1) is 6.61 Å². The average molecular weight is 1210 g/mol. The number of carbonyl (C=O) groups is 9.